The zero-order chi connectivity index (χ0) is 30.6. The van der Waals surface area contributed by atoms with E-state index in [1.807, 2.05) is 37.3 Å². The predicted octanol–water partition coefficient (Wildman–Crippen LogP) is 7.21. The number of aryl methyl sites for hydroxylation is 1. The van der Waals surface area contributed by atoms with Crippen LogP contribution in [0.2, 0.25) is 5.02 Å². The number of nitrogens with zero attached hydrogens (tertiary/aromatic N) is 3. The highest BCUT2D eigenvalue weighted by Gasteiger charge is 2.39. The van der Waals surface area contributed by atoms with Gasteiger partial charge in [-0.25, -0.2) is 4.98 Å². The van der Waals surface area contributed by atoms with Crippen molar-refractivity contribution in [3.8, 4) is 17.6 Å². The monoisotopic (exact) mass is 590 g/mol. The van der Waals surface area contributed by atoms with E-state index in [2.05, 4.69) is 23.5 Å². The maximum absolute atomic E-state index is 15.2. The molecule has 4 rings (SSSR count). The van der Waals surface area contributed by atoms with Crippen LogP contribution in [0.4, 0.5) is 8.78 Å². The van der Waals surface area contributed by atoms with E-state index in [-0.39, 0.29) is 28.4 Å². The molecule has 216 valence electrons. The quantitative estimate of drug-likeness (QED) is 0.265. The Morgan fingerprint density at radius 3 is 2.67 bits per heavy atom. The standard InChI is InChI=1S/C32H29ClF2N4O3/c1-5-20-8-7-9-22(11-10-20)26-14-23(27(6-2)38-30(26)40)17-39-18-37-29(32(34,35)19(3)4)28(31(39)41)42-25-13-21(16-36)12-24(33)15-25/h7-9,11-15,18H,3,5-6,10,17H2,1-2,4H3,(H,38,40). The molecule has 0 saturated heterocycles. The molecule has 0 amide bonds. The molecule has 0 unspecified atom stereocenters. The largest absolute Gasteiger partial charge is 0.449 e. The van der Waals surface area contributed by atoms with Crippen molar-refractivity contribution < 1.29 is 13.5 Å². The van der Waals surface area contributed by atoms with E-state index in [4.69, 9.17) is 16.3 Å². The third-order valence-corrected chi connectivity index (χ3v) is 7.13. The number of hydrogen-bond acceptors (Lipinski definition) is 5. The van der Waals surface area contributed by atoms with Crippen LogP contribution in [0.1, 0.15) is 61.7 Å². The fourth-order valence-corrected chi connectivity index (χ4v) is 4.72. The molecule has 1 aromatic carbocycles. The molecule has 0 fully saturated rings. The van der Waals surface area contributed by atoms with Gasteiger partial charge in [0.15, 0.2) is 5.69 Å². The lowest BCUT2D eigenvalue weighted by Gasteiger charge is -2.20. The Bertz CT molecular complexity index is 1810. The fraction of sp³-hybridized carbons (Fsp3) is 0.250. The molecule has 2 aromatic heterocycles. The van der Waals surface area contributed by atoms with Crippen molar-refractivity contribution in [3.05, 3.63) is 126 Å². The summed E-state index contributed by atoms with van der Waals surface area (Å²) in [4.78, 5) is 33.6. The number of nitriles is 1. The average Bonchev–Trinajstić information content (AvgIpc) is 3.21. The second kappa shape index (κ2) is 12.5. The Balaban J connectivity index is 1.83. The molecular formula is C32H29ClF2N4O3. The first kappa shape index (κ1) is 30.4. The molecule has 7 nitrogen and oxygen atoms in total. The number of aromatic nitrogens is 3. The molecule has 2 heterocycles. The number of halogens is 3. The van der Waals surface area contributed by atoms with E-state index < -0.39 is 28.5 Å². The summed E-state index contributed by atoms with van der Waals surface area (Å²) in [5.74, 6) is -4.50. The number of nitrogens with one attached hydrogen (secondary N) is 1. The van der Waals surface area contributed by atoms with E-state index in [0.29, 0.717) is 29.7 Å². The van der Waals surface area contributed by atoms with Gasteiger partial charge in [0.25, 0.3) is 11.1 Å². The third-order valence-electron chi connectivity index (χ3n) is 6.92. The zero-order valence-electron chi connectivity index (χ0n) is 23.4. The van der Waals surface area contributed by atoms with Crippen molar-refractivity contribution in [1.29, 1.82) is 5.26 Å². The van der Waals surface area contributed by atoms with Crippen molar-refractivity contribution in [1.82, 2.24) is 14.5 Å². The molecule has 10 heteroatoms. The number of benzene rings is 1. The van der Waals surface area contributed by atoms with Crippen LogP contribution in [0.3, 0.4) is 0 Å². The van der Waals surface area contributed by atoms with Gasteiger partial charge < -0.3 is 9.72 Å². The van der Waals surface area contributed by atoms with Crippen molar-refractivity contribution in [2.45, 2.75) is 52.5 Å². The molecule has 1 N–H and O–H groups in total. The van der Waals surface area contributed by atoms with Crippen molar-refractivity contribution in [2.24, 2.45) is 0 Å². The summed E-state index contributed by atoms with van der Waals surface area (Å²) in [6, 6.07) is 7.58. The summed E-state index contributed by atoms with van der Waals surface area (Å²) in [5.41, 5.74) is 1.09. The topological polar surface area (TPSA) is 101 Å². The Kier molecular flexibility index (Phi) is 9.08. The second-order valence-corrected chi connectivity index (χ2v) is 10.3. The van der Waals surface area contributed by atoms with Gasteiger partial charge in [-0.2, -0.15) is 14.0 Å². The van der Waals surface area contributed by atoms with Gasteiger partial charge in [-0.05, 0) is 67.2 Å². The summed E-state index contributed by atoms with van der Waals surface area (Å²) in [6.07, 6.45) is 10.8. The first-order valence-corrected chi connectivity index (χ1v) is 13.7. The van der Waals surface area contributed by atoms with E-state index in [1.54, 1.807) is 6.07 Å². The Labute approximate surface area is 246 Å². The van der Waals surface area contributed by atoms with Gasteiger partial charge in [-0.15, -0.1) is 0 Å². The van der Waals surface area contributed by atoms with E-state index in [1.165, 1.54) is 23.8 Å². The highest BCUT2D eigenvalue weighted by molar-refractivity contribution is 6.30. The summed E-state index contributed by atoms with van der Waals surface area (Å²) in [7, 11) is 0. The molecule has 0 saturated carbocycles. The first-order valence-electron chi connectivity index (χ1n) is 13.3. The lowest BCUT2D eigenvalue weighted by atomic mass is 10.0. The highest BCUT2D eigenvalue weighted by Crippen LogP contribution is 2.38. The van der Waals surface area contributed by atoms with Crippen LogP contribution in [0, 0.1) is 11.3 Å². The molecular weight excluding hydrogens is 562 g/mol. The minimum absolute atomic E-state index is 0.0808. The number of allylic oxidation sites excluding steroid dienone is 7. The average molecular weight is 591 g/mol. The van der Waals surface area contributed by atoms with Gasteiger partial charge >= 0.3 is 5.92 Å². The normalized spacial score (nSPS) is 13.2. The van der Waals surface area contributed by atoms with Gasteiger partial charge in [0.1, 0.15) is 5.75 Å². The maximum Gasteiger partial charge on any atom is 0.314 e. The summed E-state index contributed by atoms with van der Waals surface area (Å²) in [5, 5.41) is 9.41. The summed E-state index contributed by atoms with van der Waals surface area (Å²) < 4.78 is 37.2. The van der Waals surface area contributed by atoms with Gasteiger partial charge in [0.05, 0.1) is 24.5 Å². The molecule has 1 aliphatic rings. The van der Waals surface area contributed by atoms with Crippen molar-refractivity contribution in [2.75, 3.05) is 0 Å². The molecule has 0 radical (unpaired) electrons. The number of alkyl halides is 2. The molecule has 0 atom stereocenters. The van der Waals surface area contributed by atoms with Crippen LogP contribution in [0.25, 0.3) is 5.57 Å². The number of ether oxygens (including phenoxy) is 1. The third kappa shape index (κ3) is 6.34. The van der Waals surface area contributed by atoms with Crippen LogP contribution >= 0.6 is 11.6 Å². The Morgan fingerprint density at radius 1 is 1.24 bits per heavy atom. The van der Waals surface area contributed by atoms with Crippen LogP contribution < -0.4 is 15.9 Å². The lowest BCUT2D eigenvalue weighted by Crippen LogP contribution is -2.29. The number of hydrogen-bond donors (Lipinski definition) is 1. The smallest absolute Gasteiger partial charge is 0.314 e. The predicted molar refractivity (Wildman–Crippen MR) is 159 cm³/mol. The minimum atomic E-state index is -3.69. The number of rotatable bonds is 9. The molecule has 0 aliphatic heterocycles. The number of H-pyrrole nitrogens is 1. The van der Waals surface area contributed by atoms with Gasteiger partial charge in [-0.1, -0.05) is 61.9 Å². The van der Waals surface area contributed by atoms with E-state index in [0.717, 1.165) is 29.8 Å². The zero-order valence-corrected chi connectivity index (χ0v) is 24.2. The number of pyridine rings is 1. The highest BCUT2D eigenvalue weighted by atomic mass is 35.5. The molecule has 42 heavy (non-hydrogen) atoms. The van der Waals surface area contributed by atoms with Crippen LogP contribution in [0.15, 0.2) is 82.2 Å². The number of aromatic amines is 1. The Morgan fingerprint density at radius 2 is 2.00 bits per heavy atom. The summed E-state index contributed by atoms with van der Waals surface area (Å²) in [6.45, 7) is 8.31. The Hall–Kier alpha value is -4.55. The van der Waals surface area contributed by atoms with E-state index >= 15 is 8.78 Å². The molecule has 1 aliphatic carbocycles. The summed E-state index contributed by atoms with van der Waals surface area (Å²) >= 11 is 6.07. The SMILES string of the molecule is C=C(C)C(F)(F)c1ncn(Cc2cc(C3=CCC(CC)=CC=C3)c(=O)[nH]c2CC)c(=O)c1Oc1cc(Cl)cc(C#N)c1. The first-order chi connectivity index (χ1) is 20.0. The van der Waals surface area contributed by atoms with E-state index in [9.17, 15) is 14.9 Å². The van der Waals surface area contributed by atoms with Gasteiger partial charge in [0.2, 0.25) is 5.75 Å². The fourth-order valence-electron chi connectivity index (χ4n) is 4.50. The van der Waals surface area contributed by atoms with Crippen molar-refractivity contribution >= 4 is 17.2 Å². The second-order valence-electron chi connectivity index (χ2n) is 9.87. The molecule has 0 bridgehead atoms. The van der Waals surface area contributed by atoms with Crippen LogP contribution in [-0.2, 0) is 18.9 Å². The van der Waals surface area contributed by atoms with Gasteiger partial charge in [-0.3, -0.25) is 14.2 Å². The van der Waals surface area contributed by atoms with Crippen LogP contribution in [0.5, 0.6) is 11.5 Å². The van der Waals surface area contributed by atoms with Crippen molar-refractivity contribution in [3.63, 3.8) is 0 Å². The maximum atomic E-state index is 15.2. The lowest BCUT2D eigenvalue weighted by molar-refractivity contribution is 0.0309. The molecule has 0 spiro atoms. The van der Waals surface area contributed by atoms with Gasteiger partial charge in [0, 0.05) is 16.3 Å². The minimum Gasteiger partial charge on any atom is -0.449 e. The molecule has 3 aromatic rings. The van der Waals surface area contributed by atoms with Crippen LogP contribution in [-0.4, -0.2) is 14.5 Å².